The van der Waals surface area contributed by atoms with E-state index in [9.17, 15) is 4.79 Å². The maximum Gasteiger partial charge on any atom is 0.322 e. The van der Waals surface area contributed by atoms with Gasteiger partial charge in [0.25, 0.3) is 5.88 Å². The standard InChI is InChI=1S/C15H22N6O3/c1-10-16-13(19-24-10)8-11-4-6-21(7-5-11)15(22)17-12-9-20(2)18-14(12)23-3/h9,11H,4-8H2,1-3H3,(H,17,22). The van der Waals surface area contributed by atoms with Crippen LogP contribution in [0.2, 0.25) is 0 Å². The van der Waals surface area contributed by atoms with Gasteiger partial charge in [-0.2, -0.15) is 4.98 Å². The zero-order valence-electron chi connectivity index (χ0n) is 14.2. The second kappa shape index (κ2) is 6.90. The first-order valence-corrected chi connectivity index (χ1v) is 7.98. The van der Waals surface area contributed by atoms with E-state index in [0.29, 0.717) is 36.5 Å². The lowest BCUT2D eigenvalue weighted by Crippen LogP contribution is -2.41. The Morgan fingerprint density at radius 2 is 2.21 bits per heavy atom. The molecular formula is C15H22N6O3. The highest BCUT2D eigenvalue weighted by molar-refractivity contribution is 5.90. The average Bonchev–Trinajstić information content (AvgIpc) is 3.13. The maximum absolute atomic E-state index is 12.4. The van der Waals surface area contributed by atoms with Crippen molar-refractivity contribution in [2.75, 3.05) is 25.5 Å². The smallest absolute Gasteiger partial charge is 0.322 e. The van der Waals surface area contributed by atoms with Gasteiger partial charge < -0.3 is 19.5 Å². The SMILES string of the molecule is COc1nn(C)cc1NC(=O)N1CCC(Cc2noc(C)n2)CC1. The molecule has 3 heterocycles. The molecule has 0 aromatic carbocycles. The number of amides is 2. The first kappa shape index (κ1) is 16.3. The van der Waals surface area contributed by atoms with Gasteiger partial charge in [0.1, 0.15) is 5.69 Å². The number of anilines is 1. The van der Waals surface area contributed by atoms with Crippen LogP contribution >= 0.6 is 0 Å². The van der Waals surface area contributed by atoms with Gasteiger partial charge in [0.2, 0.25) is 5.89 Å². The monoisotopic (exact) mass is 334 g/mol. The summed E-state index contributed by atoms with van der Waals surface area (Å²) in [6.45, 7) is 3.20. The number of ether oxygens (including phenoxy) is 1. The third-order valence-electron chi connectivity index (χ3n) is 4.17. The van der Waals surface area contributed by atoms with Crippen LogP contribution in [-0.2, 0) is 13.5 Å². The van der Waals surface area contributed by atoms with E-state index in [1.54, 1.807) is 24.9 Å². The second-order valence-corrected chi connectivity index (χ2v) is 6.02. The summed E-state index contributed by atoms with van der Waals surface area (Å²) in [5.74, 6) is 2.22. The van der Waals surface area contributed by atoms with Crippen LogP contribution in [0.3, 0.4) is 0 Å². The first-order valence-electron chi connectivity index (χ1n) is 7.98. The van der Waals surface area contributed by atoms with E-state index in [1.165, 1.54) is 7.11 Å². The number of hydrogen-bond acceptors (Lipinski definition) is 6. The van der Waals surface area contributed by atoms with Crippen LogP contribution in [0.1, 0.15) is 24.6 Å². The number of piperidine rings is 1. The molecule has 3 rings (SSSR count). The maximum atomic E-state index is 12.4. The van der Waals surface area contributed by atoms with Crippen LogP contribution < -0.4 is 10.1 Å². The van der Waals surface area contributed by atoms with Crippen LogP contribution in [0.15, 0.2) is 10.7 Å². The van der Waals surface area contributed by atoms with Crippen LogP contribution in [0.5, 0.6) is 5.88 Å². The highest BCUT2D eigenvalue weighted by Gasteiger charge is 2.25. The molecule has 9 heteroatoms. The number of carbonyl (C=O) groups excluding carboxylic acids is 1. The van der Waals surface area contributed by atoms with Crippen molar-refractivity contribution in [3.8, 4) is 5.88 Å². The largest absolute Gasteiger partial charge is 0.478 e. The molecule has 0 spiro atoms. The lowest BCUT2D eigenvalue weighted by atomic mass is 9.93. The number of hydrogen-bond donors (Lipinski definition) is 1. The van der Waals surface area contributed by atoms with Crippen molar-refractivity contribution in [2.24, 2.45) is 13.0 Å². The summed E-state index contributed by atoms with van der Waals surface area (Å²) in [6, 6.07) is -0.129. The van der Waals surface area contributed by atoms with Crippen LogP contribution in [0, 0.1) is 12.8 Å². The van der Waals surface area contributed by atoms with Crippen LogP contribution in [0.25, 0.3) is 0 Å². The number of urea groups is 1. The summed E-state index contributed by atoms with van der Waals surface area (Å²) in [5.41, 5.74) is 0.578. The zero-order chi connectivity index (χ0) is 17.1. The van der Waals surface area contributed by atoms with E-state index in [-0.39, 0.29) is 6.03 Å². The summed E-state index contributed by atoms with van der Waals surface area (Å²) in [4.78, 5) is 18.4. The lowest BCUT2D eigenvalue weighted by Gasteiger charge is -2.31. The van der Waals surface area contributed by atoms with Gasteiger partial charge in [0.15, 0.2) is 5.82 Å². The molecule has 1 aliphatic heterocycles. The summed E-state index contributed by atoms with van der Waals surface area (Å²) < 4.78 is 11.8. The van der Waals surface area contributed by atoms with E-state index < -0.39 is 0 Å². The predicted octanol–water partition coefficient (Wildman–Crippen LogP) is 1.61. The molecule has 2 aromatic heterocycles. The van der Waals surface area contributed by atoms with Gasteiger partial charge >= 0.3 is 6.03 Å². The van der Waals surface area contributed by atoms with Crippen LogP contribution in [-0.4, -0.2) is 51.1 Å². The highest BCUT2D eigenvalue weighted by atomic mass is 16.5. The van der Waals surface area contributed by atoms with Crippen molar-refractivity contribution < 1.29 is 14.1 Å². The van der Waals surface area contributed by atoms with Crippen molar-refractivity contribution in [3.05, 3.63) is 17.9 Å². The predicted molar refractivity (Wildman–Crippen MR) is 85.8 cm³/mol. The lowest BCUT2D eigenvalue weighted by molar-refractivity contribution is 0.181. The summed E-state index contributed by atoms with van der Waals surface area (Å²) in [6.07, 6.45) is 4.36. The van der Waals surface area contributed by atoms with Crippen molar-refractivity contribution in [1.82, 2.24) is 24.8 Å². The van der Waals surface area contributed by atoms with Crippen molar-refractivity contribution >= 4 is 11.7 Å². The van der Waals surface area contributed by atoms with Gasteiger partial charge in [0.05, 0.1) is 13.3 Å². The zero-order valence-corrected chi connectivity index (χ0v) is 14.2. The van der Waals surface area contributed by atoms with Crippen molar-refractivity contribution in [3.63, 3.8) is 0 Å². The topological polar surface area (TPSA) is 98.3 Å². The molecule has 1 fully saturated rings. The number of nitrogens with one attached hydrogen (secondary N) is 1. The Morgan fingerprint density at radius 1 is 1.46 bits per heavy atom. The summed E-state index contributed by atoms with van der Waals surface area (Å²) in [5, 5.41) is 10.9. The second-order valence-electron chi connectivity index (χ2n) is 6.02. The van der Waals surface area contributed by atoms with E-state index in [0.717, 1.165) is 25.1 Å². The number of aryl methyl sites for hydroxylation is 2. The third kappa shape index (κ3) is 3.66. The van der Waals surface area contributed by atoms with E-state index >= 15 is 0 Å². The number of likely N-dealkylation sites (tertiary alicyclic amines) is 1. The molecule has 0 radical (unpaired) electrons. The third-order valence-corrected chi connectivity index (χ3v) is 4.17. The Hall–Kier alpha value is -2.58. The van der Waals surface area contributed by atoms with Crippen molar-refractivity contribution in [1.29, 1.82) is 0 Å². The van der Waals surface area contributed by atoms with E-state index in [4.69, 9.17) is 9.26 Å². The molecule has 2 aromatic rings. The molecule has 9 nitrogen and oxygen atoms in total. The number of nitrogens with zero attached hydrogens (tertiary/aromatic N) is 5. The molecule has 0 aliphatic carbocycles. The Balaban J connectivity index is 1.51. The first-order chi connectivity index (χ1) is 11.5. The molecule has 0 bridgehead atoms. The fourth-order valence-electron chi connectivity index (χ4n) is 2.92. The van der Waals surface area contributed by atoms with E-state index in [1.807, 2.05) is 4.90 Å². The summed E-state index contributed by atoms with van der Waals surface area (Å²) in [7, 11) is 3.31. The minimum atomic E-state index is -0.129. The molecule has 0 unspecified atom stereocenters. The Labute approximate surface area is 140 Å². The van der Waals surface area contributed by atoms with Gasteiger partial charge in [-0.05, 0) is 18.8 Å². The molecule has 1 N–H and O–H groups in total. The minimum Gasteiger partial charge on any atom is -0.478 e. The fraction of sp³-hybridized carbons (Fsp3) is 0.600. The average molecular weight is 334 g/mol. The molecule has 0 atom stereocenters. The van der Waals surface area contributed by atoms with Crippen LogP contribution in [0.4, 0.5) is 10.5 Å². The molecular weight excluding hydrogens is 312 g/mol. The fourth-order valence-corrected chi connectivity index (χ4v) is 2.92. The number of aromatic nitrogens is 4. The number of carbonyl (C=O) groups is 1. The normalized spacial score (nSPS) is 15.5. The molecule has 1 saturated heterocycles. The van der Waals surface area contributed by atoms with Gasteiger partial charge in [-0.1, -0.05) is 5.16 Å². The molecule has 24 heavy (non-hydrogen) atoms. The minimum absolute atomic E-state index is 0.129. The number of methoxy groups -OCH3 is 1. The molecule has 130 valence electrons. The highest BCUT2D eigenvalue weighted by Crippen LogP contribution is 2.24. The van der Waals surface area contributed by atoms with Gasteiger partial charge in [-0.3, -0.25) is 4.68 Å². The van der Waals surface area contributed by atoms with E-state index in [2.05, 4.69) is 20.6 Å². The van der Waals surface area contributed by atoms with Gasteiger partial charge in [-0.15, -0.1) is 5.10 Å². The van der Waals surface area contributed by atoms with Crippen molar-refractivity contribution in [2.45, 2.75) is 26.2 Å². The quantitative estimate of drug-likeness (QED) is 0.912. The number of rotatable bonds is 4. The Bertz CT molecular complexity index is 702. The molecule has 2 amide bonds. The Morgan fingerprint density at radius 3 is 2.83 bits per heavy atom. The Kier molecular flexibility index (Phi) is 4.68. The van der Waals surface area contributed by atoms with Gasteiger partial charge in [-0.25, -0.2) is 4.79 Å². The molecule has 0 saturated carbocycles. The summed E-state index contributed by atoms with van der Waals surface area (Å²) >= 11 is 0. The van der Waals surface area contributed by atoms with Gasteiger partial charge in [0, 0.05) is 33.5 Å². The molecule has 1 aliphatic rings.